The number of nitrogens with zero attached hydrogens (tertiary/aromatic N) is 1. The number of carbonyl (C=O) groups is 1. The topological polar surface area (TPSA) is 41.6 Å². The van der Waals surface area contributed by atoms with Gasteiger partial charge in [-0.1, -0.05) is 6.92 Å². The molecule has 0 aromatic rings. The summed E-state index contributed by atoms with van der Waals surface area (Å²) in [5.41, 5.74) is -0.438. The van der Waals surface area contributed by atoms with Crippen molar-refractivity contribution < 1.29 is 9.53 Å². The first-order valence-corrected chi connectivity index (χ1v) is 7.53. The smallest absolute Gasteiger partial charge is 0.410 e. The van der Waals surface area contributed by atoms with E-state index in [0.717, 1.165) is 32.2 Å². The SMILES string of the molecule is C#CCC(CC)NC1CCCN(C(=O)OC(C)(C)C)C1. The average molecular weight is 280 g/mol. The number of rotatable bonds is 4. The Hall–Kier alpha value is -1.21. The van der Waals surface area contributed by atoms with Crippen LogP contribution in [-0.4, -0.2) is 41.8 Å². The molecule has 1 saturated heterocycles. The summed E-state index contributed by atoms with van der Waals surface area (Å²) < 4.78 is 5.43. The largest absolute Gasteiger partial charge is 0.444 e. The van der Waals surface area contributed by atoms with Crippen molar-refractivity contribution in [3.63, 3.8) is 0 Å². The first-order valence-electron chi connectivity index (χ1n) is 7.53. The van der Waals surface area contributed by atoms with E-state index in [0.29, 0.717) is 18.6 Å². The zero-order chi connectivity index (χ0) is 15.2. The highest BCUT2D eigenvalue weighted by molar-refractivity contribution is 5.68. The second-order valence-electron chi connectivity index (χ2n) is 6.45. The van der Waals surface area contributed by atoms with Crippen molar-refractivity contribution in [2.75, 3.05) is 13.1 Å². The van der Waals surface area contributed by atoms with Crippen LogP contribution in [0.2, 0.25) is 0 Å². The molecule has 4 heteroatoms. The van der Waals surface area contributed by atoms with E-state index >= 15 is 0 Å². The Labute approximate surface area is 123 Å². The van der Waals surface area contributed by atoms with Gasteiger partial charge >= 0.3 is 6.09 Å². The molecular weight excluding hydrogens is 252 g/mol. The first-order chi connectivity index (χ1) is 9.35. The van der Waals surface area contributed by atoms with Crippen LogP contribution in [0.4, 0.5) is 4.79 Å². The maximum absolute atomic E-state index is 12.1. The summed E-state index contributed by atoms with van der Waals surface area (Å²) in [6.45, 7) is 9.29. The zero-order valence-corrected chi connectivity index (χ0v) is 13.2. The predicted molar refractivity (Wildman–Crippen MR) is 81.5 cm³/mol. The highest BCUT2D eigenvalue weighted by Crippen LogP contribution is 2.16. The molecule has 0 bridgehead atoms. The molecule has 114 valence electrons. The molecular formula is C16H28N2O2. The van der Waals surface area contributed by atoms with Crippen LogP contribution in [0, 0.1) is 12.3 Å². The predicted octanol–water partition coefficient (Wildman–Crippen LogP) is 2.78. The van der Waals surface area contributed by atoms with Crippen LogP contribution < -0.4 is 5.32 Å². The van der Waals surface area contributed by atoms with Gasteiger partial charge in [0.2, 0.25) is 0 Å². The first kappa shape index (κ1) is 16.8. The molecule has 0 spiro atoms. The monoisotopic (exact) mass is 280 g/mol. The highest BCUT2D eigenvalue weighted by Gasteiger charge is 2.28. The zero-order valence-electron chi connectivity index (χ0n) is 13.2. The lowest BCUT2D eigenvalue weighted by atomic mass is 10.0. The van der Waals surface area contributed by atoms with Gasteiger partial charge in [-0.25, -0.2) is 4.79 Å². The van der Waals surface area contributed by atoms with Crippen molar-refractivity contribution in [3.8, 4) is 12.3 Å². The molecule has 4 nitrogen and oxygen atoms in total. The van der Waals surface area contributed by atoms with E-state index in [2.05, 4.69) is 18.2 Å². The Morgan fingerprint density at radius 1 is 1.55 bits per heavy atom. The van der Waals surface area contributed by atoms with Crippen LogP contribution in [-0.2, 0) is 4.74 Å². The van der Waals surface area contributed by atoms with E-state index in [4.69, 9.17) is 11.2 Å². The molecule has 1 amide bonds. The lowest BCUT2D eigenvalue weighted by Crippen LogP contribution is -2.51. The molecule has 1 aliphatic heterocycles. The molecule has 0 aromatic carbocycles. The van der Waals surface area contributed by atoms with Gasteiger partial charge in [0.25, 0.3) is 0 Å². The van der Waals surface area contributed by atoms with Gasteiger partial charge in [0.15, 0.2) is 0 Å². The Morgan fingerprint density at radius 2 is 2.25 bits per heavy atom. The number of hydrogen-bond donors (Lipinski definition) is 1. The maximum atomic E-state index is 12.1. The standard InChI is InChI=1S/C16H28N2O2/c1-6-9-13(7-2)17-14-10-8-11-18(12-14)15(19)20-16(3,4)5/h1,13-14,17H,7-12H2,2-5H3. The molecule has 1 rings (SSSR count). The molecule has 0 saturated carbocycles. The average Bonchev–Trinajstić information content (AvgIpc) is 2.36. The van der Waals surface area contributed by atoms with Gasteiger partial charge in [0.05, 0.1) is 0 Å². The fraction of sp³-hybridized carbons (Fsp3) is 0.812. The molecule has 2 atom stereocenters. The van der Waals surface area contributed by atoms with Crippen molar-refractivity contribution in [3.05, 3.63) is 0 Å². The summed E-state index contributed by atoms with van der Waals surface area (Å²) >= 11 is 0. The van der Waals surface area contributed by atoms with Crippen molar-refractivity contribution in [1.82, 2.24) is 10.2 Å². The summed E-state index contributed by atoms with van der Waals surface area (Å²) in [5.74, 6) is 2.71. The van der Waals surface area contributed by atoms with Gasteiger partial charge in [0, 0.05) is 31.6 Å². The maximum Gasteiger partial charge on any atom is 0.410 e. The summed E-state index contributed by atoms with van der Waals surface area (Å²) in [6.07, 6.45) is 9.00. The van der Waals surface area contributed by atoms with Crippen molar-refractivity contribution in [1.29, 1.82) is 0 Å². The van der Waals surface area contributed by atoms with Crippen LogP contribution >= 0.6 is 0 Å². The molecule has 0 radical (unpaired) electrons. The Morgan fingerprint density at radius 3 is 2.80 bits per heavy atom. The highest BCUT2D eigenvalue weighted by atomic mass is 16.6. The number of piperidine rings is 1. The number of ether oxygens (including phenoxy) is 1. The minimum atomic E-state index is -0.438. The number of carbonyl (C=O) groups excluding carboxylic acids is 1. The number of hydrogen-bond acceptors (Lipinski definition) is 3. The van der Waals surface area contributed by atoms with Crippen molar-refractivity contribution in [2.45, 2.75) is 71.1 Å². The quantitative estimate of drug-likeness (QED) is 0.805. The lowest BCUT2D eigenvalue weighted by Gasteiger charge is -2.35. The molecule has 20 heavy (non-hydrogen) atoms. The van der Waals surface area contributed by atoms with E-state index in [1.807, 2.05) is 20.8 Å². The molecule has 1 fully saturated rings. The summed E-state index contributed by atoms with van der Waals surface area (Å²) in [6, 6.07) is 0.651. The Bertz CT molecular complexity index is 354. The van der Waals surface area contributed by atoms with Crippen molar-refractivity contribution >= 4 is 6.09 Å². The van der Waals surface area contributed by atoms with E-state index < -0.39 is 5.60 Å². The number of likely N-dealkylation sites (tertiary alicyclic amines) is 1. The summed E-state index contributed by atoms with van der Waals surface area (Å²) in [4.78, 5) is 13.9. The molecule has 2 unspecified atom stereocenters. The van der Waals surface area contributed by atoms with Gasteiger partial charge in [-0.15, -0.1) is 12.3 Å². The minimum Gasteiger partial charge on any atom is -0.444 e. The third kappa shape index (κ3) is 5.83. The Kier molecular flexibility index (Phi) is 6.35. The third-order valence-electron chi connectivity index (χ3n) is 3.40. The number of terminal acetylenes is 1. The number of nitrogens with one attached hydrogen (secondary N) is 1. The lowest BCUT2D eigenvalue weighted by molar-refractivity contribution is 0.0183. The molecule has 0 aromatic heterocycles. The van der Waals surface area contributed by atoms with Gasteiger partial charge in [-0.05, 0) is 40.0 Å². The molecule has 1 aliphatic rings. The van der Waals surface area contributed by atoms with Gasteiger partial charge in [0.1, 0.15) is 5.60 Å². The van der Waals surface area contributed by atoms with E-state index in [1.54, 1.807) is 4.90 Å². The van der Waals surface area contributed by atoms with E-state index in [-0.39, 0.29) is 6.09 Å². The van der Waals surface area contributed by atoms with Crippen LogP contribution in [0.25, 0.3) is 0 Å². The fourth-order valence-electron chi connectivity index (χ4n) is 2.40. The van der Waals surface area contributed by atoms with Gasteiger partial charge in [-0.3, -0.25) is 0 Å². The number of amides is 1. The van der Waals surface area contributed by atoms with Gasteiger partial charge < -0.3 is 15.0 Å². The van der Waals surface area contributed by atoms with Gasteiger partial charge in [-0.2, -0.15) is 0 Å². The van der Waals surface area contributed by atoms with Crippen molar-refractivity contribution in [2.24, 2.45) is 0 Å². The summed E-state index contributed by atoms with van der Waals surface area (Å²) in [5, 5.41) is 3.56. The van der Waals surface area contributed by atoms with Crippen LogP contribution in [0.15, 0.2) is 0 Å². The minimum absolute atomic E-state index is 0.214. The van der Waals surface area contributed by atoms with E-state index in [9.17, 15) is 4.79 Å². The molecule has 1 heterocycles. The molecule has 1 N–H and O–H groups in total. The van der Waals surface area contributed by atoms with E-state index in [1.165, 1.54) is 0 Å². The van der Waals surface area contributed by atoms with Crippen LogP contribution in [0.5, 0.6) is 0 Å². The third-order valence-corrected chi connectivity index (χ3v) is 3.40. The van der Waals surface area contributed by atoms with Crippen LogP contribution in [0.1, 0.15) is 53.4 Å². The summed E-state index contributed by atoms with van der Waals surface area (Å²) in [7, 11) is 0. The normalized spacial score (nSPS) is 21.1. The molecule has 0 aliphatic carbocycles. The second-order valence-corrected chi connectivity index (χ2v) is 6.45. The van der Waals surface area contributed by atoms with Crippen LogP contribution in [0.3, 0.4) is 0 Å². The second kappa shape index (κ2) is 7.54. The fourth-order valence-corrected chi connectivity index (χ4v) is 2.40. The Balaban J connectivity index is 2.50.